The van der Waals surface area contributed by atoms with Crippen LogP contribution >= 0.6 is 0 Å². The summed E-state index contributed by atoms with van der Waals surface area (Å²) < 4.78 is 57.3. The van der Waals surface area contributed by atoms with Gasteiger partial charge in [-0.3, -0.25) is 4.90 Å². The number of nitrogen functional groups attached to an aromatic ring is 1. The van der Waals surface area contributed by atoms with Crippen LogP contribution in [-0.4, -0.2) is 73.1 Å². The number of nitrogens with one attached hydrogen (secondary N) is 1. The molecule has 1 aliphatic rings. The molecule has 4 rings (SSSR count). The van der Waals surface area contributed by atoms with E-state index in [4.69, 9.17) is 19.9 Å². The molecule has 2 atom stereocenters. The topological polar surface area (TPSA) is 98.0 Å². The number of methoxy groups -OCH3 is 1. The fourth-order valence-corrected chi connectivity index (χ4v) is 4.64. The average molecular weight is 549 g/mol. The van der Waals surface area contributed by atoms with Crippen LogP contribution in [0, 0.1) is 6.92 Å². The third-order valence-electron chi connectivity index (χ3n) is 6.77. The molecular formula is C27H35F3N6O3. The Bertz CT molecular complexity index is 1310. The number of ether oxygens (including phenoxy) is 3. The number of alkyl halides is 3. The average Bonchev–Trinajstić information content (AvgIpc) is 2.86. The minimum absolute atomic E-state index is 0.0102. The number of anilines is 2. The van der Waals surface area contributed by atoms with Gasteiger partial charge in [0.1, 0.15) is 18.4 Å². The molecule has 1 aromatic heterocycles. The molecule has 0 bridgehead atoms. The van der Waals surface area contributed by atoms with E-state index >= 15 is 0 Å². The Kier molecular flexibility index (Phi) is 8.67. The molecule has 3 aromatic rings. The second-order valence-electron chi connectivity index (χ2n) is 9.91. The number of fused-ring (bicyclic) bond motifs is 1. The number of nitrogens with zero attached hydrogens (tertiary/aromatic N) is 4. The molecule has 1 fully saturated rings. The molecule has 12 heteroatoms. The standard InChI is InChI=1S/C27H35F3N6O3/c1-16-13-35(4)6-7-36(16)14-38-15-39-25-11-22-23(12-24(25)37-5)33-18(3)34-26(22)32-17(2)19-8-20(27(28,29)30)10-21(31)9-19/h8-12,16-17H,6-7,13-15,31H2,1-5H3,(H,32,33,34)/t16-,17+/m0/s1. The Morgan fingerprint density at radius 1 is 1.13 bits per heavy atom. The van der Waals surface area contributed by atoms with E-state index in [0.29, 0.717) is 52.4 Å². The minimum Gasteiger partial charge on any atom is -0.493 e. The molecule has 2 aromatic carbocycles. The summed E-state index contributed by atoms with van der Waals surface area (Å²) in [7, 11) is 3.64. The highest BCUT2D eigenvalue weighted by atomic mass is 19.4. The van der Waals surface area contributed by atoms with E-state index in [9.17, 15) is 13.2 Å². The molecule has 0 amide bonds. The summed E-state index contributed by atoms with van der Waals surface area (Å²) in [6.45, 7) is 8.97. The van der Waals surface area contributed by atoms with Gasteiger partial charge in [-0.05, 0) is 57.6 Å². The molecule has 2 heterocycles. The number of hydrogen-bond donors (Lipinski definition) is 2. The zero-order valence-electron chi connectivity index (χ0n) is 22.8. The number of benzene rings is 2. The third kappa shape index (κ3) is 7.00. The van der Waals surface area contributed by atoms with Crippen LogP contribution in [0.25, 0.3) is 10.9 Å². The predicted molar refractivity (Wildman–Crippen MR) is 144 cm³/mol. The summed E-state index contributed by atoms with van der Waals surface area (Å²) >= 11 is 0. The van der Waals surface area contributed by atoms with Crippen LogP contribution in [0.5, 0.6) is 11.5 Å². The maximum atomic E-state index is 13.3. The van der Waals surface area contributed by atoms with Gasteiger partial charge in [-0.1, -0.05) is 0 Å². The maximum Gasteiger partial charge on any atom is 0.416 e. The minimum atomic E-state index is -4.50. The van der Waals surface area contributed by atoms with Crippen molar-refractivity contribution in [3.05, 3.63) is 47.3 Å². The Labute approximate surface area is 226 Å². The summed E-state index contributed by atoms with van der Waals surface area (Å²) in [6.07, 6.45) is -4.50. The van der Waals surface area contributed by atoms with Crippen molar-refractivity contribution in [1.82, 2.24) is 19.8 Å². The van der Waals surface area contributed by atoms with Crippen LogP contribution < -0.4 is 20.5 Å². The Morgan fingerprint density at radius 2 is 1.90 bits per heavy atom. The smallest absolute Gasteiger partial charge is 0.416 e. The lowest BCUT2D eigenvalue weighted by molar-refractivity contribution is -0.137. The first kappa shape index (κ1) is 28.7. The van der Waals surface area contributed by atoms with E-state index in [0.717, 1.165) is 31.8 Å². The van der Waals surface area contributed by atoms with Gasteiger partial charge in [0.25, 0.3) is 0 Å². The van der Waals surface area contributed by atoms with E-state index in [-0.39, 0.29) is 12.5 Å². The number of nitrogens with two attached hydrogens (primary N) is 1. The molecule has 0 radical (unpaired) electrons. The number of aryl methyl sites for hydroxylation is 1. The van der Waals surface area contributed by atoms with Crippen molar-refractivity contribution < 1.29 is 27.4 Å². The Morgan fingerprint density at radius 3 is 2.59 bits per heavy atom. The van der Waals surface area contributed by atoms with Crippen molar-refractivity contribution in [1.29, 1.82) is 0 Å². The van der Waals surface area contributed by atoms with Crippen molar-refractivity contribution in [3.8, 4) is 11.5 Å². The van der Waals surface area contributed by atoms with Gasteiger partial charge in [-0.25, -0.2) is 9.97 Å². The molecular weight excluding hydrogens is 513 g/mol. The molecule has 1 aliphatic heterocycles. The number of rotatable bonds is 9. The van der Waals surface area contributed by atoms with Crippen molar-refractivity contribution in [3.63, 3.8) is 0 Å². The molecule has 9 nitrogen and oxygen atoms in total. The fraction of sp³-hybridized carbons (Fsp3) is 0.481. The van der Waals surface area contributed by atoms with Crippen LogP contribution in [0.1, 0.15) is 36.8 Å². The second kappa shape index (κ2) is 11.8. The Balaban J connectivity index is 1.54. The zero-order chi connectivity index (χ0) is 28.3. The highest BCUT2D eigenvalue weighted by molar-refractivity contribution is 5.92. The zero-order valence-corrected chi connectivity index (χ0v) is 22.8. The highest BCUT2D eigenvalue weighted by Crippen LogP contribution is 2.37. The van der Waals surface area contributed by atoms with Crippen molar-refractivity contribution >= 4 is 22.4 Å². The Hall–Kier alpha value is -3.35. The number of piperazine rings is 1. The maximum absolute atomic E-state index is 13.3. The molecule has 1 saturated heterocycles. The second-order valence-corrected chi connectivity index (χ2v) is 9.91. The molecule has 39 heavy (non-hydrogen) atoms. The van der Waals surface area contributed by atoms with Crippen molar-refractivity contribution in [2.24, 2.45) is 0 Å². The summed E-state index contributed by atoms with van der Waals surface area (Å²) in [5.41, 5.74) is 5.97. The van der Waals surface area contributed by atoms with Gasteiger partial charge in [-0.15, -0.1) is 0 Å². The lowest BCUT2D eigenvalue weighted by Gasteiger charge is -2.37. The summed E-state index contributed by atoms with van der Waals surface area (Å²) in [5.74, 6) is 1.84. The van der Waals surface area contributed by atoms with Gasteiger partial charge in [-0.2, -0.15) is 13.2 Å². The molecule has 3 N–H and O–H groups in total. The highest BCUT2D eigenvalue weighted by Gasteiger charge is 2.31. The third-order valence-corrected chi connectivity index (χ3v) is 6.77. The summed E-state index contributed by atoms with van der Waals surface area (Å²) in [4.78, 5) is 13.6. The first-order valence-corrected chi connectivity index (χ1v) is 12.7. The molecule has 0 aliphatic carbocycles. The van der Waals surface area contributed by atoms with Gasteiger partial charge in [0.05, 0.1) is 24.2 Å². The van der Waals surface area contributed by atoms with Gasteiger partial charge in [0, 0.05) is 42.8 Å². The number of halogens is 3. The van der Waals surface area contributed by atoms with E-state index in [1.165, 1.54) is 13.2 Å². The normalized spacial score (nSPS) is 17.8. The fourth-order valence-electron chi connectivity index (χ4n) is 4.64. The van der Waals surface area contributed by atoms with Crippen LogP contribution in [-0.2, 0) is 10.9 Å². The SMILES string of the molecule is COc1cc2nc(C)nc(N[C@H](C)c3cc(N)cc(C(F)(F)F)c3)c2cc1OCOCN1CCN(C)C[C@@H]1C. The number of likely N-dealkylation sites (N-methyl/N-ethyl adjacent to an activating group) is 1. The van der Waals surface area contributed by atoms with E-state index in [1.807, 2.05) is 0 Å². The molecule has 0 saturated carbocycles. The van der Waals surface area contributed by atoms with E-state index in [1.54, 1.807) is 26.0 Å². The number of aromatic nitrogens is 2. The lowest BCUT2D eigenvalue weighted by atomic mass is 10.0. The first-order valence-electron chi connectivity index (χ1n) is 12.7. The van der Waals surface area contributed by atoms with E-state index < -0.39 is 17.8 Å². The predicted octanol–water partition coefficient (Wildman–Crippen LogP) is 4.67. The van der Waals surface area contributed by atoms with Crippen molar-refractivity contribution in [2.75, 3.05) is 58.4 Å². The van der Waals surface area contributed by atoms with Crippen LogP contribution in [0.3, 0.4) is 0 Å². The van der Waals surface area contributed by atoms with Crippen molar-refractivity contribution in [2.45, 2.75) is 39.0 Å². The van der Waals surface area contributed by atoms with E-state index in [2.05, 4.69) is 39.1 Å². The van der Waals surface area contributed by atoms with Gasteiger partial charge in [0.2, 0.25) is 0 Å². The van der Waals surface area contributed by atoms with Gasteiger partial charge < -0.3 is 30.2 Å². The van der Waals surface area contributed by atoms with Crippen LogP contribution in [0.15, 0.2) is 30.3 Å². The first-order chi connectivity index (χ1) is 18.4. The molecule has 0 spiro atoms. The number of hydrogen-bond acceptors (Lipinski definition) is 9. The monoisotopic (exact) mass is 548 g/mol. The molecule has 0 unspecified atom stereocenters. The largest absolute Gasteiger partial charge is 0.493 e. The molecule has 212 valence electrons. The van der Waals surface area contributed by atoms with Gasteiger partial charge in [0.15, 0.2) is 18.3 Å². The quantitative estimate of drug-likeness (QED) is 0.225. The summed E-state index contributed by atoms with van der Waals surface area (Å²) in [5, 5.41) is 3.84. The van der Waals surface area contributed by atoms with Crippen LogP contribution in [0.4, 0.5) is 24.7 Å². The van der Waals surface area contributed by atoms with Crippen LogP contribution in [0.2, 0.25) is 0 Å². The summed E-state index contributed by atoms with van der Waals surface area (Å²) in [6, 6.07) is 6.84. The van der Waals surface area contributed by atoms with Gasteiger partial charge >= 0.3 is 6.18 Å². The lowest BCUT2D eigenvalue weighted by Crippen LogP contribution is -2.51.